The first kappa shape index (κ1) is 61.8. The maximum atomic E-state index is 14.7. The van der Waals surface area contributed by atoms with Crippen LogP contribution < -0.4 is 24.7 Å². The quantitative estimate of drug-likeness (QED) is 0.0482. The highest BCUT2D eigenvalue weighted by Gasteiger charge is 2.29. The van der Waals surface area contributed by atoms with Crippen LogP contribution in [-0.2, 0) is 31.2 Å². The molecule has 11 nitrogen and oxygen atoms in total. The van der Waals surface area contributed by atoms with Crippen LogP contribution in [0, 0.1) is 52.5 Å². The zero-order chi connectivity index (χ0) is 59.1. The van der Waals surface area contributed by atoms with Crippen LogP contribution in [0.2, 0.25) is 0 Å². The maximum Gasteiger partial charge on any atom is 0.341 e. The molecule has 0 saturated carbocycles. The van der Waals surface area contributed by atoms with Gasteiger partial charge in [-0.05, 0) is 104 Å². The highest BCUT2D eigenvalue weighted by atomic mass is 19.2. The van der Waals surface area contributed by atoms with Gasteiger partial charge in [-0.25, -0.2) is 39.9 Å². The first-order valence-electron chi connectivity index (χ1n) is 25.2. The molecule has 1 fully saturated rings. The van der Waals surface area contributed by atoms with E-state index in [1.54, 1.807) is 36.4 Å². The summed E-state index contributed by atoms with van der Waals surface area (Å²) in [5.41, 5.74) is 5.79. The van der Waals surface area contributed by atoms with Gasteiger partial charge in [0.2, 0.25) is 0 Å². The Labute approximate surface area is 467 Å². The van der Waals surface area contributed by atoms with Crippen molar-refractivity contribution in [3.63, 3.8) is 0 Å². The van der Waals surface area contributed by atoms with E-state index in [0.29, 0.717) is 12.8 Å². The minimum Gasteiger partial charge on any atom is -0.486 e. The normalized spacial score (nSPS) is 12.0. The van der Waals surface area contributed by atoms with Crippen LogP contribution in [-0.4, -0.2) is 53.6 Å². The summed E-state index contributed by atoms with van der Waals surface area (Å²) in [6.07, 6.45) is 0.825. The second kappa shape index (κ2) is 30.9. The Bertz CT molecular complexity index is 3300. The van der Waals surface area contributed by atoms with Gasteiger partial charge in [-0.3, -0.25) is 14.4 Å². The molecule has 1 saturated heterocycles. The number of amides is 1. The molecule has 0 spiro atoms. The Balaban J connectivity index is 0.000000180. The lowest BCUT2D eigenvalue weighted by atomic mass is 9.89. The lowest BCUT2D eigenvalue weighted by molar-refractivity contribution is -0.123. The molecule has 1 aliphatic rings. The third-order valence-corrected chi connectivity index (χ3v) is 12.3. The summed E-state index contributed by atoms with van der Waals surface area (Å²) >= 11 is 0. The van der Waals surface area contributed by atoms with Crippen molar-refractivity contribution in [2.24, 2.45) is 11.7 Å². The summed E-state index contributed by atoms with van der Waals surface area (Å²) in [4.78, 5) is 48.7. The van der Waals surface area contributed by atoms with Crippen LogP contribution in [0.15, 0.2) is 176 Å². The molecule has 426 valence electrons. The number of primary amides is 1. The Hall–Kier alpha value is -9.36. The van der Waals surface area contributed by atoms with Crippen molar-refractivity contribution in [1.29, 1.82) is 0 Å². The number of ether oxygens (including phenoxy) is 4. The van der Waals surface area contributed by atoms with E-state index in [1.807, 2.05) is 92.0 Å². The van der Waals surface area contributed by atoms with Crippen molar-refractivity contribution >= 4 is 23.4 Å². The number of aromatic carboxylic acids is 1. The van der Waals surface area contributed by atoms with Crippen LogP contribution in [0.1, 0.15) is 72.6 Å². The van der Waals surface area contributed by atoms with Crippen LogP contribution in [0.25, 0.3) is 0 Å². The number of ketones is 2. The third kappa shape index (κ3) is 18.3. The fourth-order valence-electron chi connectivity index (χ4n) is 7.87. The van der Waals surface area contributed by atoms with Crippen LogP contribution in [0.3, 0.4) is 0 Å². The number of carboxylic acid groups (broad SMARTS) is 1. The lowest BCUT2D eigenvalue weighted by Gasteiger charge is -2.27. The van der Waals surface area contributed by atoms with Crippen molar-refractivity contribution in [2.75, 3.05) is 20.1 Å². The fourth-order valence-corrected chi connectivity index (χ4v) is 7.87. The van der Waals surface area contributed by atoms with Gasteiger partial charge in [-0.1, -0.05) is 121 Å². The minimum absolute atomic E-state index is 0.0604. The highest BCUT2D eigenvalue weighted by molar-refractivity contribution is 6.09. The zero-order valence-corrected chi connectivity index (χ0v) is 43.9. The molecule has 8 aromatic rings. The summed E-state index contributed by atoms with van der Waals surface area (Å²) in [7, 11) is 1.97. The van der Waals surface area contributed by atoms with Crippen molar-refractivity contribution in [1.82, 2.24) is 4.90 Å². The van der Waals surface area contributed by atoms with Gasteiger partial charge in [0.1, 0.15) is 66.6 Å². The van der Waals surface area contributed by atoms with Gasteiger partial charge >= 0.3 is 5.97 Å². The SMILES string of the molecule is CN1CCC(C(=O)CC(=O)c2c(F)ccc(OCc3ccccc3)c2F)CC1.Fc1ccc(OCc2ccccc2)c(F)c1.NC(=O)c1c(F)ccc(OCc2ccccc2)c1F.O=C(O)c1c(F)ccc(OCc2ccccc2)c1F. The largest absolute Gasteiger partial charge is 0.486 e. The van der Waals surface area contributed by atoms with Crippen molar-refractivity contribution in [2.45, 2.75) is 45.7 Å². The average Bonchev–Trinajstić information content (AvgIpc) is 3.53. The monoisotopic (exact) mass is 1130 g/mol. The second-order valence-electron chi connectivity index (χ2n) is 18.2. The number of hydrogen-bond donors (Lipinski definition) is 2. The molecule has 9 rings (SSSR count). The minimum atomic E-state index is -1.67. The highest BCUT2D eigenvalue weighted by Crippen LogP contribution is 2.29. The molecule has 3 N–H and O–H groups in total. The lowest BCUT2D eigenvalue weighted by Crippen LogP contribution is -2.34. The number of nitrogens with two attached hydrogens (primary N) is 1. The number of piperidine rings is 1. The summed E-state index contributed by atoms with van der Waals surface area (Å²) in [5.74, 6) is -12.6. The van der Waals surface area contributed by atoms with E-state index < -0.39 is 87.3 Å². The number of carbonyl (C=O) groups is 4. The van der Waals surface area contributed by atoms with E-state index in [9.17, 15) is 54.3 Å². The van der Waals surface area contributed by atoms with Crippen molar-refractivity contribution in [3.05, 3.63) is 261 Å². The average molecular weight is 1140 g/mol. The Morgan fingerprint density at radius 3 is 1.18 bits per heavy atom. The maximum absolute atomic E-state index is 14.7. The number of Topliss-reactive ketones (excluding diaryl/α,β-unsaturated/α-hetero) is 2. The second-order valence-corrected chi connectivity index (χ2v) is 18.2. The summed E-state index contributed by atoms with van der Waals surface area (Å²) in [6.45, 7) is 2.09. The third-order valence-electron chi connectivity index (χ3n) is 12.3. The molecule has 0 bridgehead atoms. The first-order chi connectivity index (χ1) is 39.4. The van der Waals surface area contributed by atoms with Crippen molar-refractivity contribution in [3.8, 4) is 23.0 Å². The molecular weight excluding hydrogens is 1080 g/mol. The topological polar surface area (TPSA) is 155 Å². The molecule has 0 unspecified atom stereocenters. The van der Waals surface area contributed by atoms with E-state index in [0.717, 1.165) is 77.8 Å². The van der Waals surface area contributed by atoms with E-state index in [2.05, 4.69) is 4.90 Å². The van der Waals surface area contributed by atoms with Crippen LogP contribution >= 0.6 is 0 Å². The molecule has 0 aliphatic carbocycles. The summed E-state index contributed by atoms with van der Waals surface area (Å²) in [6, 6.07) is 46.0. The molecular formula is C63H54F8N2O9. The first-order valence-corrected chi connectivity index (χ1v) is 25.2. The van der Waals surface area contributed by atoms with Gasteiger partial charge in [0.25, 0.3) is 5.91 Å². The molecule has 19 heteroatoms. The predicted molar refractivity (Wildman–Crippen MR) is 288 cm³/mol. The number of carboxylic acids is 1. The molecule has 0 aromatic heterocycles. The van der Waals surface area contributed by atoms with Gasteiger partial charge in [-0.2, -0.15) is 0 Å². The smallest absolute Gasteiger partial charge is 0.341 e. The molecule has 0 radical (unpaired) electrons. The Morgan fingerprint density at radius 1 is 0.463 bits per heavy atom. The van der Waals surface area contributed by atoms with E-state index >= 15 is 0 Å². The molecule has 0 atom stereocenters. The Morgan fingerprint density at radius 2 is 0.805 bits per heavy atom. The van der Waals surface area contributed by atoms with Crippen LogP contribution in [0.5, 0.6) is 23.0 Å². The standard InChI is InChI=1S/C22H23F2NO3.C14H11F2NO2.C14H10F2O3.C13H10F2O/c1-25-11-9-16(10-12-25)18(26)13-19(27)21-17(23)7-8-20(22(21)24)28-14-15-5-3-2-4-6-15;2*15-10-6-7-11(13(16)12(10)14(17)18)19-8-9-4-2-1-3-5-9;14-11-6-7-13(12(15)8-11)16-9-10-4-2-1-3-5-10/h2-8,16H,9-14H2,1H3;1-7H,8H2,(H2,17,18);1-7H,8H2,(H,17,18);1-8H,9H2. The van der Waals surface area contributed by atoms with Gasteiger partial charge < -0.3 is 34.7 Å². The molecule has 82 heavy (non-hydrogen) atoms. The Kier molecular flexibility index (Phi) is 23.3. The van der Waals surface area contributed by atoms with Gasteiger partial charge in [-0.15, -0.1) is 0 Å². The zero-order valence-electron chi connectivity index (χ0n) is 43.9. The van der Waals surface area contributed by atoms with E-state index in [4.69, 9.17) is 29.8 Å². The molecule has 1 heterocycles. The molecule has 8 aromatic carbocycles. The van der Waals surface area contributed by atoms with E-state index in [-0.39, 0.29) is 61.1 Å². The number of halogens is 8. The fraction of sp³-hybridized carbons (Fsp3) is 0.175. The summed E-state index contributed by atoms with van der Waals surface area (Å²) in [5, 5.41) is 8.72. The number of likely N-dealkylation sites (tertiary alicyclic amines) is 1. The van der Waals surface area contributed by atoms with Crippen molar-refractivity contribution < 1.29 is 78.4 Å². The molecule has 1 amide bonds. The molecule has 1 aliphatic heterocycles. The van der Waals surface area contributed by atoms with E-state index in [1.165, 1.54) is 12.1 Å². The van der Waals surface area contributed by atoms with Crippen LogP contribution in [0.4, 0.5) is 35.1 Å². The van der Waals surface area contributed by atoms with Gasteiger partial charge in [0, 0.05) is 12.0 Å². The number of nitrogens with zero attached hydrogens (tertiary/aromatic N) is 1. The number of rotatable bonds is 18. The van der Waals surface area contributed by atoms with Gasteiger partial charge in [0.15, 0.2) is 52.1 Å². The van der Waals surface area contributed by atoms with Gasteiger partial charge in [0.05, 0.1) is 12.0 Å². The number of benzene rings is 8. The number of hydrogen-bond acceptors (Lipinski definition) is 9. The number of carbonyl (C=O) groups excluding carboxylic acids is 3. The summed E-state index contributed by atoms with van der Waals surface area (Å²) < 4.78 is 130. The predicted octanol–water partition coefficient (Wildman–Crippen LogP) is 13.5.